The fraction of sp³-hybridized carbons (Fsp3) is 0.188. The monoisotopic (exact) mass is 268 g/mol. The summed E-state index contributed by atoms with van der Waals surface area (Å²) in [4.78, 5) is 14.0. The smallest absolute Gasteiger partial charge is 0.326 e. The van der Waals surface area contributed by atoms with E-state index in [-0.39, 0.29) is 6.03 Å². The first-order valence-electron chi connectivity index (χ1n) is 6.66. The van der Waals surface area contributed by atoms with Crippen LogP contribution in [0.25, 0.3) is 0 Å². The maximum Gasteiger partial charge on any atom is 0.326 e. The molecule has 0 radical (unpaired) electrons. The number of urea groups is 1. The molecule has 20 heavy (non-hydrogen) atoms. The zero-order valence-electron chi connectivity index (χ0n) is 11.0. The molecular formula is C16H16N2O2. The van der Waals surface area contributed by atoms with Crippen LogP contribution in [0.2, 0.25) is 0 Å². The summed E-state index contributed by atoms with van der Waals surface area (Å²) in [6.07, 6.45) is 0.0612. The Bertz CT molecular complexity index is 613. The number of hydrogen-bond acceptors (Lipinski definition) is 2. The Morgan fingerprint density at radius 2 is 1.80 bits per heavy atom. The average Bonchev–Trinajstić information content (AvgIpc) is 2.49. The van der Waals surface area contributed by atoms with E-state index in [2.05, 4.69) is 5.32 Å². The molecule has 4 nitrogen and oxygen atoms in total. The number of carbonyl (C=O) groups is 1. The number of rotatable bonds is 1. The zero-order chi connectivity index (χ0) is 13.9. The SMILES string of the molecule is O=C(Nc1ccccc1)N1CCC(O)c2ccccc21. The van der Waals surface area contributed by atoms with Crippen LogP contribution < -0.4 is 10.2 Å². The lowest BCUT2D eigenvalue weighted by Gasteiger charge is -2.32. The van der Waals surface area contributed by atoms with Crippen molar-refractivity contribution in [1.29, 1.82) is 0 Å². The Balaban J connectivity index is 1.84. The molecule has 0 aromatic heterocycles. The van der Waals surface area contributed by atoms with Crippen molar-refractivity contribution in [2.45, 2.75) is 12.5 Å². The third-order valence-electron chi connectivity index (χ3n) is 3.48. The minimum Gasteiger partial charge on any atom is -0.388 e. The Hall–Kier alpha value is -2.33. The number of anilines is 2. The molecule has 0 bridgehead atoms. The van der Waals surface area contributed by atoms with Crippen molar-refractivity contribution in [2.75, 3.05) is 16.8 Å². The van der Waals surface area contributed by atoms with E-state index in [1.165, 1.54) is 0 Å². The van der Waals surface area contributed by atoms with E-state index in [9.17, 15) is 9.90 Å². The fourth-order valence-corrected chi connectivity index (χ4v) is 2.47. The van der Waals surface area contributed by atoms with Crippen LogP contribution in [-0.4, -0.2) is 17.7 Å². The molecule has 0 fully saturated rings. The van der Waals surface area contributed by atoms with Gasteiger partial charge in [0.15, 0.2) is 0 Å². The van der Waals surface area contributed by atoms with E-state index in [0.29, 0.717) is 13.0 Å². The van der Waals surface area contributed by atoms with Gasteiger partial charge in [-0.25, -0.2) is 4.79 Å². The molecule has 4 heteroatoms. The molecular weight excluding hydrogens is 252 g/mol. The molecule has 0 aliphatic carbocycles. The maximum atomic E-state index is 12.4. The first-order chi connectivity index (χ1) is 9.75. The molecule has 2 amide bonds. The lowest BCUT2D eigenvalue weighted by atomic mass is 9.99. The van der Waals surface area contributed by atoms with E-state index in [4.69, 9.17) is 0 Å². The summed E-state index contributed by atoms with van der Waals surface area (Å²) >= 11 is 0. The third-order valence-corrected chi connectivity index (χ3v) is 3.48. The lowest BCUT2D eigenvalue weighted by Crippen LogP contribution is -2.39. The van der Waals surface area contributed by atoms with Gasteiger partial charge in [-0.15, -0.1) is 0 Å². The number of nitrogens with one attached hydrogen (secondary N) is 1. The quantitative estimate of drug-likeness (QED) is 0.834. The van der Waals surface area contributed by atoms with Gasteiger partial charge in [0.2, 0.25) is 0 Å². The highest BCUT2D eigenvalue weighted by molar-refractivity contribution is 6.02. The number of para-hydroxylation sites is 2. The zero-order valence-corrected chi connectivity index (χ0v) is 11.0. The van der Waals surface area contributed by atoms with Gasteiger partial charge in [0.25, 0.3) is 0 Å². The van der Waals surface area contributed by atoms with Gasteiger partial charge in [-0.3, -0.25) is 4.90 Å². The lowest BCUT2D eigenvalue weighted by molar-refractivity contribution is 0.164. The van der Waals surface area contributed by atoms with E-state index < -0.39 is 6.10 Å². The molecule has 1 atom stereocenters. The molecule has 3 rings (SSSR count). The predicted octanol–water partition coefficient (Wildman–Crippen LogP) is 3.16. The molecule has 2 aromatic carbocycles. The van der Waals surface area contributed by atoms with Crippen molar-refractivity contribution < 1.29 is 9.90 Å². The Labute approximate surface area is 117 Å². The van der Waals surface area contributed by atoms with Crippen molar-refractivity contribution in [3.8, 4) is 0 Å². The second-order valence-electron chi connectivity index (χ2n) is 4.81. The van der Waals surface area contributed by atoms with Gasteiger partial charge in [-0.1, -0.05) is 36.4 Å². The molecule has 2 aromatic rings. The minimum atomic E-state index is -0.494. The van der Waals surface area contributed by atoms with Crippen LogP contribution in [0.4, 0.5) is 16.2 Å². The highest BCUT2D eigenvalue weighted by Crippen LogP contribution is 2.33. The second kappa shape index (κ2) is 5.35. The average molecular weight is 268 g/mol. The second-order valence-corrected chi connectivity index (χ2v) is 4.81. The van der Waals surface area contributed by atoms with Crippen LogP contribution in [0.3, 0.4) is 0 Å². The number of aliphatic hydroxyl groups is 1. The van der Waals surface area contributed by atoms with Gasteiger partial charge in [-0.05, 0) is 24.6 Å². The maximum absolute atomic E-state index is 12.4. The normalized spacial score (nSPS) is 17.4. The van der Waals surface area contributed by atoms with Crippen molar-refractivity contribution in [2.24, 2.45) is 0 Å². The molecule has 1 aliphatic heterocycles. The van der Waals surface area contributed by atoms with Gasteiger partial charge in [-0.2, -0.15) is 0 Å². The van der Waals surface area contributed by atoms with Crippen molar-refractivity contribution >= 4 is 17.4 Å². The molecule has 2 N–H and O–H groups in total. The third kappa shape index (κ3) is 2.38. The van der Waals surface area contributed by atoms with E-state index in [1.807, 2.05) is 54.6 Å². The number of aliphatic hydroxyl groups excluding tert-OH is 1. The predicted molar refractivity (Wildman–Crippen MR) is 78.8 cm³/mol. The fourth-order valence-electron chi connectivity index (χ4n) is 2.47. The highest BCUT2D eigenvalue weighted by Gasteiger charge is 2.27. The summed E-state index contributed by atoms with van der Waals surface area (Å²) in [6.45, 7) is 0.511. The molecule has 102 valence electrons. The molecule has 0 spiro atoms. The first-order valence-corrected chi connectivity index (χ1v) is 6.66. The Morgan fingerprint density at radius 1 is 1.10 bits per heavy atom. The summed E-state index contributed by atoms with van der Waals surface area (Å²) < 4.78 is 0. The molecule has 1 aliphatic rings. The molecule has 1 heterocycles. The van der Waals surface area contributed by atoms with E-state index >= 15 is 0 Å². The molecule has 0 saturated heterocycles. The summed E-state index contributed by atoms with van der Waals surface area (Å²) in [5.41, 5.74) is 2.35. The summed E-state index contributed by atoms with van der Waals surface area (Å²) in [7, 11) is 0. The van der Waals surface area contributed by atoms with Gasteiger partial charge < -0.3 is 10.4 Å². The topological polar surface area (TPSA) is 52.6 Å². The number of benzene rings is 2. The molecule has 1 unspecified atom stereocenters. The van der Waals surface area contributed by atoms with Gasteiger partial charge in [0.1, 0.15) is 0 Å². The van der Waals surface area contributed by atoms with Crippen LogP contribution >= 0.6 is 0 Å². The van der Waals surface area contributed by atoms with Crippen LogP contribution in [0.5, 0.6) is 0 Å². The summed E-state index contributed by atoms with van der Waals surface area (Å²) in [5.74, 6) is 0. The first kappa shape index (κ1) is 12.7. The summed E-state index contributed by atoms with van der Waals surface area (Å²) in [6, 6.07) is 16.7. The van der Waals surface area contributed by atoms with Crippen molar-refractivity contribution in [3.63, 3.8) is 0 Å². The standard InChI is InChI=1S/C16H16N2O2/c19-15-10-11-18(14-9-5-4-8-13(14)15)16(20)17-12-6-2-1-3-7-12/h1-9,15,19H,10-11H2,(H,17,20). The van der Waals surface area contributed by atoms with Crippen LogP contribution in [-0.2, 0) is 0 Å². The van der Waals surface area contributed by atoms with Crippen LogP contribution in [0.15, 0.2) is 54.6 Å². The summed E-state index contributed by atoms with van der Waals surface area (Å²) in [5, 5.41) is 12.9. The van der Waals surface area contributed by atoms with Gasteiger partial charge >= 0.3 is 6.03 Å². The highest BCUT2D eigenvalue weighted by atomic mass is 16.3. The van der Waals surface area contributed by atoms with Gasteiger partial charge in [0, 0.05) is 17.8 Å². The Kier molecular flexibility index (Phi) is 3.39. The van der Waals surface area contributed by atoms with Gasteiger partial charge in [0.05, 0.1) is 11.8 Å². The number of carbonyl (C=O) groups excluding carboxylic acids is 1. The molecule has 0 saturated carbocycles. The van der Waals surface area contributed by atoms with Crippen LogP contribution in [0, 0.1) is 0 Å². The number of hydrogen-bond donors (Lipinski definition) is 2. The van der Waals surface area contributed by atoms with Crippen LogP contribution in [0.1, 0.15) is 18.1 Å². The number of fused-ring (bicyclic) bond motifs is 1. The Morgan fingerprint density at radius 3 is 2.60 bits per heavy atom. The largest absolute Gasteiger partial charge is 0.388 e. The number of nitrogens with zero attached hydrogens (tertiary/aromatic N) is 1. The van der Waals surface area contributed by atoms with Crippen molar-refractivity contribution in [3.05, 3.63) is 60.2 Å². The number of amides is 2. The van der Waals surface area contributed by atoms with E-state index in [0.717, 1.165) is 16.9 Å². The van der Waals surface area contributed by atoms with Crippen molar-refractivity contribution in [1.82, 2.24) is 0 Å². The minimum absolute atomic E-state index is 0.171. The van der Waals surface area contributed by atoms with E-state index in [1.54, 1.807) is 4.90 Å².